The van der Waals surface area contributed by atoms with E-state index in [-0.39, 0.29) is 11.9 Å². The van der Waals surface area contributed by atoms with Crippen LogP contribution in [0.3, 0.4) is 0 Å². The second-order valence-corrected chi connectivity index (χ2v) is 5.35. The number of carbonyl (C=O) groups is 1. The van der Waals surface area contributed by atoms with E-state index in [9.17, 15) is 4.79 Å². The maximum atomic E-state index is 12.3. The highest BCUT2D eigenvalue weighted by molar-refractivity contribution is 5.77. The number of hydrogen-bond donors (Lipinski definition) is 1. The molecule has 0 saturated carbocycles. The summed E-state index contributed by atoms with van der Waals surface area (Å²) in [4.78, 5) is 24.8. The lowest BCUT2D eigenvalue weighted by atomic mass is 10.1. The Morgan fingerprint density at radius 1 is 1.29 bits per heavy atom. The first-order valence-electron chi connectivity index (χ1n) is 7.44. The number of nitrogens with one attached hydrogen (secondary N) is 1. The van der Waals surface area contributed by atoms with E-state index in [1.54, 1.807) is 12.4 Å². The van der Waals surface area contributed by atoms with E-state index in [0.29, 0.717) is 13.0 Å². The fraction of sp³-hybridized carbons (Fsp3) is 0.643. The van der Waals surface area contributed by atoms with Crippen molar-refractivity contribution < 1.29 is 9.53 Å². The third kappa shape index (κ3) is 3.68. The van der Waals surface area contributed by atoms with E-state index in [1.807, 2.05) is 11.0 Å². The number of aromatic nitrogens is 2. The van der Waals surface area contributed by atoms with Gasteiger partial charge in [0.15, 0.2) is 0 Å². The van der Waals surface area contributed by atoms with Gasteiger partial charge in [0.25, 0.3) is 0 Å². The number of amides is 1. The number of morpholine rings is 1. The Labute approximate surface area is 124 Å². The van der Waals surface area contributed by atoms with Gasteiger partial charge in [-0.05, 0) is 6.07 Å². The van der Waals surface area contributed by atoms with E-state index in [0.717, 1.165) is 45.3 Å². The van der Waals surface area contributed by atoms with Crippen molar-refractivity contribution >= 4 is 11.9 Å². The van der Waals surface area contributed by atoms with Crippen LogP contribution < -0.4 is 10.2 Å². The van der Waals surface area contributed by atoms with Crippen LogP contribution in [0.15, 0.2) is 18.5 Å². The zero-order valence-corrected chi connectivity index (χ0v) is 12.1. The molecule has 2 aliphatic rings. The molecule has 0 aliphatic carbocycles. The largest absolute Gasteiger partial charge is 0.378 e. The number of carbonyl (C=O) groups excluding carboxylic acids is 1. The van der Waals surface area contributed by atoms with Gasteiger partial charge in [-0.15, -0.1) is 0 Å². The van der Waals surface area contributed by atoms with Crippen molar-refractivity contribution in [2.75, 3.05) is 50.8 Å². The standard InChI is InChI=1S/C14H21N5O2/c20-13(10-12-11-21-9-4-15-12)18-5-7-19(8-6-18)14-16-2-1-3-17-14/h1-3,12,15H,4-11H2. The van der Waals surface area contributed by atoms with Gasteiger partial charge in [0, 0.05) is 57.6 Å². The summed E-state index contributed by atoms with van der Waals surface area (Å²) in [5.41, 5.74) is 0. The Hall–Kier alpha value is -1.73. The number of ether oxygens (including phenoxy) is 1. The smallest absolute Gasteiger partial charge is 0.225 e. The third-order valence-corrected chi connectivity index (χ3v) is 3.89. The van der Waals surface area contributed by atoms with Gasteiger partial charge in [-0.25, -0.2) is 9.97 Å². The second-order valence-electron chi connectivity index (χ2n) is 5.35. The van der Waals surface area contributed by atoms with Crippen molar-refractivity contribution in [1.29, 1.82) is 0 Å². The Bertz CT molecular complexity index is 456. The minimum absolute atomic E-state index is 0.154. The van der Waals surface area contributed by atoms with Crippen molar-refractivity contribution in [2.24, 2.45) is 0 Å². The molecule has 1 aromatic heterocycles. The Morgan fingerprint density at radius 2 is 2.05 bits per heavy atom. The average Bonchev–Trinajstić information content (AvgIpc) is 2.57. The fourth-order valence-corrected chi connectivity index (χ4v) is 2.70. The molecule has 21 heavy (non-hydrogen) atoms. The Morgan fingerprint density at radius 3 is 2.71 bits per heavy atom. The van der Waals surface area contributed by atoms with Gasteiger partial charge in [-0.2, -0.15) is 0 Å². The van der Waals surface area contributed by atoms with Crippen molar-refractivity contribution in [1.82, 2.24) is 20.2 Å². The molecule has 1 unspecified atom stereocenters. The van der Waals surface area contributed by atoms with E-state index in [1.165, 1.54) is 0 Å². The van der Waals surface area contributed by atoms with Gasteiger partial charge in [-0.1, -0.05) is 0 Å². The summed E-state index contributed by atoms with van der Waals surface area (Å²) in [5.74, 6) is 0.943. The zero-order chi connectivity index (χ0) is 14.5. The first kappa shape index (κ1) is 14.2. The quantitative estimate of drug-likeness (QED) is 0.810. The molecule has 0 spiro atoms. The van der Waals surface area contributed by atoms with Crippen LogP contribution in [-0.4, -0.2) is 72.8 Å². The van der Waals surface area contributed by atoms with Crippen LogP contribution in [0.1, 0.15) is 6.42 Å². The van der Waals surface area contributed by atoms with E-state index < -0.39 is 0 Å². The van der Waals surface area contributed by atoms with E-state index in [2.05, 4.69) is 20.2 Å². The van der Waals surface area contributed by atoms with Crippen molar-refractivity contribution in [3.63, 3.8) is 0 Å². The first-order valence-corrected chi connectivity index (χ1v) is 7.44. The van der Waals surface area contributed by atoms with Crippen LogP contribution in [0, 0.1) is 0 Å². The Kier molecular flexibility index (Phi) is 4.62. The van der Waals surface area contributed by atoms with Gasteiger partial charge in [-0.3, -0.25) is 4.79 Å². The Balaban J connectivity index is 1.47. The van der Waals surface area contributed by atoms with Crippen LogP contribution in [0.4, 0.5) is 5.95 Å². The predicted octanol–water partition coefficient (Wildman–Crippen LogP) is -0.496. The van der Waals surface area contributed by atoms with Crippen LogP contribution in [0.25, 0.3) is 0 Å². The van der Waals surface area contributed by atoms with Gasteiger partial charge in [0.2, 0.25) is 11.9 Å². The molecule has 1 aromatic rings. The molecule has 3 heterocycles. The van der Waals surface area contributed by atoms with Crippen molar-refractivity contribution in [2.45, 2.75) is 12.5 Å². The molecule has 0 aromatic carbocycles. The molecule has 1 N–H and O–H groups in total. The molecule has 7 nitrogen and oxygen atoms in total. The molecule has 2 fully saturated rings. The molecular weight excluding hydrogens is 270 g/mol. The zero-order valence-electron chi connectivity index (χ0n) is 12.1. The highest BCUT2D eigenvalue weighted by Crippen LogP contribution is 2.11. The predicted molar refractivity (Wildman–Crippen MR) is 78.1 cm³/mol. The minimum Gasteiger partial charge on any atom is -0.378 e. The second kappa shape index (κ2) is 6.82. The summed E-state index contributed by atoms with van der Waals surface area (Å²) in [6.07, 6.45) is 4.01. The van der Waals surface area contributed by atoms with E-state index >= 15 is 0 Å². The molecule has 0 bridgehead atoms. The summed E-state index contributed by atoms with van der Waals surface area (Å²) in [7, 11) is 0. The number of anilines is 1. The number of rotatable bonds is 3. The fourth-order valence-electron chi connectivity index (χ4n) is 2.70. The number of hydrogen-bond acceptors (Lipinski definition) is 6. The number of nitrogens with zero attached hydrogens (tertiary/aromatic N) is 4. The molecule has 2 saturated heterocycles. The van der Waals surface area contributed by atoms with Gasteiger partial charge < -0.3 is 19.9 Å². The van der Waals surface area contributed by atoms with Crippen molar-refractivity contribution in [3.05, 3.63) is 18.5 Å². The monoisotopic (exact) mass is 291 g/mol. The molecule has 1 atom stereocenters. The number of piperazine rings is 1. The van der Waals surface area contributed by atoms with Crippen molar-refractivity contribution in [3.8, 4) is 0 Å². The lowest BCUT2D eigenvalue weighted by Crippen LogP contribution is -2.51. The summed E-state index contributed by atoms with van der Waals surface area (Å²) in [5, 5.41) is 3.32. The molecule has 114 valence electrons. The van der Waals surface area contributed by atoms with Crippen LogP contribution in [0.5, 0.6) is 0 Å². The summed E-state index contributed by atoms with van der Waals surface area (Å²) < 4.78 is 5.39. The molecule has 3 rings (SSSR count). The molecule has 2 aliphatic heterocycles. The maximum absolute atomic E-state index is 12.3. The summed E-state index contributed by atoms with van der Waals surface area (Å²) in [6.45, 7) is 5.21. The molecular formula is C14H21N5O2. The molecule has 1 amide bonds. The minimum atomic E-state index is 0.154. The first-order chi connectivity index (χ1) is 10.3. The van der Waals surface area contributed by atoms with Crippen LogP contribution in [-0.2, 0) is 9.53 Å². The highest BCUT2D eigenvalue weighted by Gasteiger charge is 2.25. The normalized spacial score (nSPS) is 23.1. The summed E-state index contributed by atoms with van der Waals surface area (Å²) >= 11 is 0. The van der Waals surface area contributed by atoms with Gasteiger partial charge >= 0.3 is 0 Å². The lowest BCUT2D eigenvalue weighted by Gasteiger charge is -2.35. The third-order valence-electron chi connectivity index (χ3n) is 3.89. The SMILES string of the molecule is O=C(CC1COCCN1)N1CCN(c2ncccn2)CC1. The maximum Gasteiger partial charge on any atom is 0.225 e. The van der Waals surface area contributed by atoms with Gasteiger partial charge in [0.05, 0.1) is 13.2 Å². The van der Waals surface area contributed by atoms with E-state index in [4.69, 9.17) is 4.74 Å². The highest BCUT2D eigenvalue weighted by atomic mass is 16.5. The topological polar surface area (TPSA) is 70.6 Å². The summed E-state index contributed by atoms with van der Waals surface area (Å²) in [6, 6.07) is 1.96. The van der Waals surface area contributed by atoms with Gasteiger partial charge in [0.1, 0.15) is 0 Å². The molecule has 0 radical (unpaired) electrons. The van der Waals surface area contributed by atoms with Crippen LogP contribution in [0.2, 0.25) is 0 Å². The average molecular weight is 291 g/mol. The lowest BCUT2D eigenvalue weighted by molar-refractivity contribution is -0.132. The van der Waals surface area contributed by atoms with Crippen LogP contribution >= 0.6 is 0 Å². The molecule has 7 heteroatoms.